The molecule has 0 spiro atoms. The Hall–Kier alpha value is -3.13. The molecule has 1 aromatic carbocycles. The molecule has 0 bridgehead atoms. The Morgan fingerprint density at radius 3 is 2.58 bits per heavy atom. The number of nitrogens with zero attached hydrogens (tertiary/aromatic N) is 2. The summed E-state index contributed by atoms with van der Waals surface area (Å²) in [4.78, 5) is 20.8. The zero-order valence-corrected chi connectivity index (χ0v) is 15.3. The monoisotopic (exact) mass is 371 g/mol. The van der Waals surface area contributed by atoms with Gasteiger partial charge in [0.15, 0.2) is 5.13 Å². The Bertz CT molecular complexity index is 909. The minimum Gasteiger partial charge on any atom is -0.497 e. The highest BCUT2D eigenvalue weighted by Crippen LogP contribution is 2.35. The van der Waals surface area contributed by atoms with Crippen LogP contribution in [0.1, 0.15) is 10.4 Å². The van der Waals surface area contributed by atoms with Gasteiger partial charge in [-0.25, -0.2) is 9.97 Å². The molecule has 1 amide bonds. The Kier molecular flexibility index (Phi) is 5.33. The number of anilines is 1. The van der Waals surface area contributed by atoms with Crippen LogP contribution in [0.15, 0.2) is 41.9 Å². The van der Waals surface area contributed by atoms with Crippen molar-refractivity contribution in [2.75, 3.05) is 26.6 Å². The van der Waals surface area contributed by atoms with E-state index in [1.54, 1.807) is 26.4 Å². The Morgan fingerprint density at radius 2 is 1.92 bits per heavy atom. The number of carbonyl (C=O) groups excluding carboxylic acids is 1. The molecular formula is C18H17N3O4S. The summed E-state index contributed by atoms with van der Waals surface area (Å²) >= 11 is 1.32. The number of carbonyl (C=O) groups is 1. The number of aromatic nitrogens is 2. The highest BCUT2D eigenvalue weighted by molar-refractivity contribution is 7.14. The summed E-state index contributed by atoms with van der Waals surface area (Å²) < 4.78 is 15.6. The predicted molar refractivity (Wildman–Crippen MR) is 99.4 cm³/mol. The van der Waals surface area contributed by atoms with Crippen molar-refractivity contribution in [1.29, 1.82) is 0 Å². The standard InChI is InChI=1S/C18H17N3O4S/c1-23-12-5-6-15(24-2)13(8-12)14-10-26-18(20-14)21-17(22)11-4-7-16(25-3)19-9-11/h4-10H,1-3H3,(H,20,21,22). The van der Waals surface area contributed by atoms with Crippen LogP contribution in [0, 0.1) is 0 Å². The number of benzene rings is 1. The van der Waals surface area contributed by atoms with Gasteiger partial charge in [0.1, 0.15) is 11.5 Å². The first-order valence-electron chi connectivity index (χ1n) is 7.64. The van der Waals surface area contributed by atoms with Gasteiger partial charge >= 0.3 is 0 Å². The molecule has 0 saturated carbocycles. The number of rotatable bonds is 6. The van der Waals surface area contributed by atoms with Crippen molar-refractivity contribution in [2.24, 2.45) is 0 Å². The van der Waals surface area contributed by atoms with Gasteiger partial charge in [-0.05, 0) is 24.3 Å². The molecule has 0 radical (unpaired) electrons. The van der Waals surface area contributed by atoms with Crippen molar-refractivity contribution in [3.8, 4) is 28.6 Å². The third-order valence-electron chi connectivity index (χ3n) is 3.61. The second kappa shape index (κ2) is 7.83. The third kappa shape index (κ3) is 3.75. The molecule has 0 unspecified atom stereocenters. The van der Waals surface area contributed by atoms with Crippen LogP contribution in [-0.2, 0) is 0 Å². The lowest BCUT2D eigenvalue weighted by atomic mass is 10.1. The van der Waals surface area contributed by atoms with Crippen LogP contribution in [0.5, 0.6) is 17.4 Å². The van der Waals surface area contributed by atoms with Gasteiger partial charge in [0.05, 0.1) is 32.6 Å². The van der Waals surface area contributed by atoms with Crippen LogP contribution in [-0.4, -0.2) is 37.2 Å². The third-order valence-corrected chi connectivity index (χ3v) is 4.37. The number of thiazole rings is 1. The van der Waals surface area contributed by atoms with Gasteiger partial charge in [0.25, 0.3) is 5.91 Å². The van der Waals surface area contributed by atoms with Crippen molar-refractivity contribution in [1.82, 2.24) is 9.97 Å². The van der Waals surface area contributed by atoms with E-state index in [-0.39, 0.29) is 5.91 Å². The molecule has 7 nitrogen and oxygen atoms in total. The average Bonchev–Trinajstić information content (AvgIpc) is 3.15. The Balaban J connectivity index is 1.80. The molecule has 0 aliphatic rings. The van der Waals surface area contributed by atoms with Crippen LogP contribution in [0.4, 0.5) is 5.13 Å². The van der Waals surface area contributed by atoms with E-state index in [9.17, 15) is 4.79 Å². The number of hydrogen-bond donors (Lipinski definition) is 1. The Labute approximate surface area is 154 Å². The minimum atomic E-state index is -0.293. The summed E-state index contributed by atoms with van der Waals surface area (Å²) in [5, 5.41) is 5.09. The smallest absolute Gasteiger partial charge is 0.259 e. The van der Waals surface area contributed by atoms with Gasteiger partial charge in [0, 0.05) is 23.2 Å². The highest BCUT2D eigenvalue weighted by Gasteiger charge is 2.14. The van der Waals surface area contributed by atoms with Crippen LogP contribution >= 0.6 is 11.3 Å². The van der Waals surface area contributed by atoms with Crippen LogP contribution in [0.25, 0.3) is 11.3 Å². The minimum absolute atomic E-state index is 0.293. The molecular weight excluding hydrogens is 354 g/mol. The fourth-order valence-electron chi connectivity index (χ4n) is 2.27. The molecule has 1 N–H and O–H groups in total. The van der Waals surface area contributed by atoms with Gasteiger partial charge < -0.3 is 14.2 Å². The molecule has 0 saturated heterocycles. The first-order valence-corrected chi connectivity index (χ1v) is 8.52. The second-order valence-electron chi connectivity index (χ2n) is 5.15. The molecule has 134 valence electrons. The molecule has 2 aromatic heterocycles. The average molecular weight is 371 g/mol. The van der Waals surface area contributed by atoms with E-state index in [0.717, 1.165) is 5.56 Å². The molecule has 0 fully saturated rings. The van der Waals surface area contributed by atoms with Crippen molar-refractivity contribution in [2.45, 2.75) is 0 Å². The van der Waals surface area contributed by atoms with E-state index in [0.29, 0.717) is 33.8 Å². The predicted octanol–water partition coefficient (Wildman–Crippen LogP) is 3.48. The maximum absolute atomic E-state index is 12.3. The molecule has 3 aromatic rings. The largest absolute Gasteiger partial charge is 0.497 e. The van der Waals surface area contributed by atoms with E-state index in [1.807, 2.05) is 23.6 Å². The summed E-state index contributed by atoms with van der Waals surface area (Å²) in [6.45, 7) is 0. The maximum atomic E-state index is 12.3. The first kappa shape index (κ1) is 17.7. The quantitative estimate of drug-likeness (QED) is 0.714. The lowest BCUT2D eigenvalue weighted by Crippen LogP contribution is -2.12. The molecule has 26 heavy (non-hydrogen) atoms. The van der Waals surface area contributed by atoms with Crippen molar-refractivity contribution in [3.05, 3.63) is 47.5 Å². The van der Waals surface area contributed by atoms with Crippen LogP contribution in [0.3, 0.4) is 0 Å². The van der Waals surface area contributed by atoms with Gasteiger partial charge in [-0.2, -0.15) is 0 Å². The first-order chi connectivity index (χ1) is 12.6. The van der Waals surface area contributed by atoms with Crippen LogP contribution < -0.4 is 19.5 Å². The SMILES string of the molecule is COc1ccc(OC)c(-c2csc(NC(=O)c3ccc(OC)nc3)n2)c1. The van der Waals surface area contributed by atoms with Gasteiger partial charge in [-0.3, -0.25) is 10.1 Å². The fourth-order valence-corrected chi connectivity index (χ4v) is 2.98. The number of ether oxygens (including phenoxy) is 3. The lowest BCUT2D eigenvalue weighted by Gasteiger charge is -2.08. The topological polar surface area (TPSA) is 82.6 Å². The van der Waals surface area contributed by atoms with Crippen molar-refractivity contribution in [3.63, 3.8) is 0 Å². The Morgan fingerprint density at radius 1 is 1.08 bits per heavy atom. The van der Waals surface area contributed by atoms with Gasteiger partial charge in [-0.1, -0.05) is 0 Å². The highest BCUT2D eigenvalue weighted by atomic mass is 32.1. The number of amides is 1. The summed E-state index contributed by atoms with van der Waals surface area (Å²) in [5.74, 6) is 1.53. The zero-order valence-electron chi connectivity index (χ0n) is 14.5. The molecule has 2 heterocycles. The molecule has 3 rings (SSSR count). The zero-order chi connectivity index (χ0) is 18.5. The van der Waals surface area contributed by atoms with E-state index < -0.39 is 0 Å². The number of pyridine rings is 1. The normalized spacial score (nSPS) is 10.3. The molecule has 0 aliphatic carbocycles. The van der Waals surface area contributed by atoms with E-state index in [1.165, 1.54) is 24.6 Å². The van der Waals surface area contributed by atoms with Gasteiger partial charge in [0.2, 0.25) is 5.88 Å². The number of methoxy groups -OCH3 is 3. The molecule has 8 heteroatoms. The van der Waals surface area contributed by atoms with Crippen molar-refractivity contribution >= 4 is 22.4 Å². The second-order valence-corrected chi connectivity index (χ2v) is 6.01. The van der Waals surface area contributed by atoms with Crippen LogP contribution in [0.2, 0.25) is 0 Å². The van der Waals surface area contributed by atoms with E-state index >= 15 is 0 Å². The van der Waals surface area contributed by atoms with Crippen molar-refractivity contribution < 1.29 is 19.0 Å². The van der Waals surface area contributed by atoms with E-state index in [2.05, 4.69) is 15.3 Å². The summed E-state index contributed by atoms with van der Waals surface area (Å²) in [6, 6.07) is 8.74. The summed E-state index contributed by atoms with van der Waals surface area (Å²) in [6.07, 6.45) is 1.45. The maximum Gasteiger partial charge on any atom is 0.259 e. The summed E-state index contributed by atoms with van der Waals surface area (Å²) in [5.41, 5.74) is 1.89. The number of hydrogen-bond acceptors (Lipinski definition) is 7. The van der Waals surface area contributed by atoms with E-state index in [4.69, 9.17) is 14.2 Å². The van der Waals surface area contributed by atoms with Gasteiger partial charge in [-0.15, -0.1) is 11.3 Å². The fraction of sp³-hybridized carbons (Fsp3) is 0.167. The molecule has 0 atom stereocenters. The molecule has 0 aliphatic heterocycles. The summed E-state index contributed by atoms with van der Waals surface area (Å²) in [7, 11) is 4.71. The lowest BCUT2D eigenvalue weighted by molar-refractivity contribution is 0.102. The number of nitrogens with one attached hydrogen (secondary N) is 1.